The highest BCUT2D eigenvalue weighted by molar-refractivity contribution is 5.67. The fourth-order valence-electron chi connectivity index (χ4n) is 5.22. The van der Waals surface area contributed by atoms with Crippen molar-refractivity contribution in [3.8, 4) is 0 Å². The fourth-order valence-corrected chi connectivity index (χ4v) is 5.22. The van der Waals surface area contributed by atoms with Gasteiger partial charge >= 0.3 is 5.97 Å². The van der Waals surface area contributed by atoms with Crippen molar-refractivity contribution in [3.05, 3.63) is 23.8 Å². The summed E-state index contributed by atoms with van der Waals surface area (Å²) in [5.74, 6) is 0.473. The third kappa shape index (κ3) is 5.21. The van der Waals surface area contributed by atoms with E-state index in [9.17, 15) is 15.0 Å². The van der Waals surface area contributed by atoms with E-state index in [0.29, 0.717) is 24.4 Å². The average Bonchev–Trinajstić information content (AvgIpc) is 3.17. The number of aliphatic carboxylic acids is 1. The number of ether oxygens (including phenoxy) is 1. The number of hydrogen-bond donors (Lipinski definition) is 3. The van der Waals surface area contributed by atoms with Crippen LogP contribution in [-0.4, -0.2) is 46.7 Å². The topological polar surface area (TPSA) is 87.0 Å². The van der Waals surface area contributed by atoms with Crippen LogP contribution in [0.4, 0.5) is 0 Å². The van der Waals surface area contributed by atoms with E-state index in [1.807, 2.05) is 6.08 Å². The zero-order chi connectivity index (χ0) is 19.4. The lowest BCUT2D eigenvalue weighted by Crippen LogP contribution is -2.23. The summed E-state index contributed by atoms with van der Waals surface area (Å²) in [5.41, 5.74) is 1.31. The van der Waals surface area contributed by atoms with Crippen molar-refractivity contribution in [2.75, 3.05) is 13.2 Å². The summed E-state index contributed by atoms with van der Waals surface area (Å²) in [6.45, 7) is 2.23. The van der Waals surface area contributed by atoms with E-state index in [0.717, 1.165) is 25.7 Å². The molecule has 0 saturated heterocycles. The van der Waals surface area contributed by atoms with Crippen molar-refractivity contribution in [2.24, 2.45) is 29.6 Å². The molecule has 0 amide bonds. The van der Waals surface area contributed by atoms with Gasteiger partial charge in [0, 0.05) is 11.8 Å². The lowest BCUT2D eigenvalue weighted by Gasteiger charge is -2.25. The van der Waals surface area contributed by atoms with Crippen molar-refractivity contribution in [1.82, 2.24) is 0 Å². The summed E-state index contributed by atoms with van der Waals surface area (Å²) < 4.78 is 5.25. The molecule has 4 unspecified atom stereocenters. The number of aliphatic hydroxyl groups excluding tert-OH is 2. The van der Waals surface area contributed by atoms with Gasteiger partial charge in [-0.1, -0.05) is 50.0 Å². The highest BCUT2D eigenvalue weighted by Crippen LogP contribution is 2.48. The monoisotopic (exact) mass is 378 g/mol. The van der Waals surface area contributed by atoms with Crippen molar-refractivity contribution in [2.45, 2.75) is 64.1 Å². The smallest absolute Gasteiger partial charge is 0.329 e. The Labute approximate surface area is 162 Å². The molecule has 152 valence electrons. The van der Waals surface area contributed by atoms with Crippen LogP contribution in [0.25, 0.3) is 0 Å². The number of rotatable bonds is 8. The van der Waals surface area contributed by atoms with E-state index >= 15 is 0 Å². The van der Waals surface area contributed by atoms with E-state index in [1.54, 1.807) is 0 Å². The van der Waals surface area contributed by atoms with Crippen molar-refractivity contribution >= 4 is 5.97 Å². The van der Waals surface area contributed by atoms with Crippen LogP contribution in [0, 0.1) is 29.6 Å². The van der Waals surface area contributed by atoms with E-state index in [4.69, 9.17) is 9.84 Å². The number of allylic oxidation sites excluding steroid dienone is 1. The minimum absolute atomic E-state index is 0.0918. The summed E-state index contributed by atoms with van der Waals surface area (Å²) in [6, 6.07) is 0. The first kappa shape index (κ1) is 20.6. The average molecular weight is 379 g/mol. The van der Waals surface area contributed by atoms with Gasteiger partial charge in [0.2, 0.25) is 0 Å². The molecule has 0 aliphatic heterocycles. The van der Waals surface area contributed by atoms with Crippen molar-refractivity contribution in [3.63, 3.8) is 0 Å². The Kier molecular flexibility index (Phi) is 7.12. The number of aliphatic hydroxyl groups is 2. The summed E-state index contributed by atoms with van der Waals surface area (Å²) >= 11 is 0. The summed E-state index contributed by atoms with van der Waals surface area (Å²) in [5, 5.41) is 29.7. The zero-order valence-electron chi connectivity index (χ0n) is 16.3. The molecule has 5 nitrogen and oxygen atoms in total. The molecule has 0 aromatic heterocycles. The highest BCUT2D eigenvalue weighted by Gasteiger charge is 2.44. The molecule has 6 atom stereocenters. The van der Waals surface area contributed by atoms with Gasteiger partial charge in [-0.05, 0) is 43.4 Å². The first-order valence-electron chi connectivity index (χ1n) is 10.5. The van der Waals surface area contributed by atoms with Crippen LogP contribution >= 0.6 is 0 Å². The lowest BCUT2D eigenvalue weighted by molar-refractivity contribution is -0.142. The highest BCUT2D eigenvalue weighted by atomic mass is 16.5. The van der Waals surface area contributed by atoms with Crippen molar-refractivity contribution < 1.29 is 24.9 Å². The molecule has 0 bridgehead atoms. The van der Waals surface area contributed by atoms with Gasteiger partial charge in [-0.2, -0.15) is 0 Å². The van der Waals surface area contributed by atoms with Gasteiger partial charge in [0.1, 0.15) is 6.61 Å². The minimum Gasteiger partial charge on any atom is -0.480 e. The Balaban J connectivity index is 1.54. The fraction of sp³-hybridized carbons (Fsp3) is 0.773. The molecule has 0 heterocycles. The van der Waals surface area contributed by atoms with E-state index in [1.165, 1.54) is 24.8 Å². The SMILES string of the molecule is CC(COCC(=O)O)C1=CC2C[C@@H](O)[C@H](/C=C/C(O)C3CCCCC3)C2C1. The quantitative estimate of drug-likeness (QED) is 0.565. The Morgan fingerprint density at radius 3 is 2.78 bits per heavy atom. The molecule has 3 aliphatic rings. The maximum atomic E-state index is 10.6. The van der Waals surface area contributed by atoms with Crippen LogP contribution in [0.5, 0.6) is 0 Å². The van der Waals surface area contributed by atoms with Gasteiger partial charge < -0.3 is 20.1 Å². The van der Waals surface area contributed by atoms with E-state index < -0.39 is 12.1 Å². The lowest BCUT2D eigenvalue weighted by atomic mass is 9.83. The second-order valence-corrected chi connectivity index (χ2v) is 8.74. The normalized spacial score (nSPS) is 33.8. The number of fused-ring (bicyclic) bond motifs is 1. The van der Waals surface area contributed by atoms with Crippen LogP contribution in [-0.2, 0) is 9.53 Å². The minimum atomic E-state index is -0.940. The second kappa shape index (κ2) is 9.35. The molecular formula is C22H34O5. The Morgan fingerprint density at radius 2 is 2.07 bits per heavy atom. The zero-order valence-corrected chi connectivity index (χ0v) is 16.3. The molecular weight excluding hydrogens is 344 g/mol. The number of carbonyl (C=O) groups is 1. The van der Waals surface area contributed by atoms with Crippen LogP contribution in [0.15, 0.2) is 23.8 Å². The molecule has 2 fully saturated rings. The van der Waals surface area contributed by atoms with E-state index in [2.05, 4.69) is 19.1 Å². The molecule has 3 N–H and O–H groups in total. The van der Waals surface area contributed by atoms with E-state index in [-0.39, 0.29) is 24.5 Å². The molecule has 27 heavy (non-hydrogen) atoms. The molecule has 5 heteroatoms. The van der Waals surface area contributed by atoms with Gasteiger partial charge in [-0.25, -0.2) is 4.79 Å². The maximum Gasteiger partial charge on any atom is 0.329 e. The Bertz CT molecular complexity index is 563. The molecule has 0 radical (unpaired) electrons. The Morgan fingerprint density at radius 1 is 1.33 bits per heavy atom. The molecule has 0 aromatic carbocycles. The van der Waals surface area contributed by atoms with Crippen LogP contribution in [0.3, 0.4) is 0 Å². The van der Waals surface area contributed by atoms with Gasteiger partial charge in [0.25, 0.3) is 0 Å². The largest absolute Gasteiger partial charge is 0.480 e. The number of carboxylic acids is 1. The summed E-state index contributed by atoms with van der Waals surface area (Å²) in [4.78, 5) is 10.6. The van der Waals surface area contributed by atoms with Crippen LogP contribution in [0.2, 0.25) is 0 Å². The maximum absolute atomic E-state index is 10.6. The van der Waals surface area contributed by atoms with Gasteiger partial charge in [-0.15, -0.1) is 0 Å². The van der Waals surface area contributed by atoms with Gasteiger partial charge in [-0.3, -0.25) is 0 Å². The van der Waals surface area contributed by atoms with Gasteiger partial charge in [0.15, 0.2) is 0 Å². The number of hydrogen-bond acceptors (Lipinski definition) is 4. The van der Waals surface area contributed by atoms with Crippen LogP contribution < -0.4 is 0 Å². The molecule has 3 aliphatic carbocycles. The molecule has 0 spiro atoms. The van der Waals surface area contributed by atoms with Gasteiger partial charge in [0.05, 0.1) is 18.8 Å². The summed E-state index contributed by atoms with van der Waals surface area (Å²) in [7, 11) is 0. The third-order valence-electron chi connectivity index (χ3n) is 6.79. The second-order valence-electron chi connectivity index (χ2n) is 8.74. The first-order chi connectivity index (χ1) is 13.0. The first-order valence-corrected chi connectivity index (χ1v) is 10.5. The standard InChI is InChI=1S/C22H34O5/c1-14(12-27-13-22(25)26)16-9-17-11-21(24)18(19(17)10-16)7-8-20(23)15-5-3-2-4-6-15/h7-9,14-15,17-21,23-24H,2-6,10-13H2,1H3,(H,25,26)/b8-7+/t14?,17?,18-,19?,20?,21-/m1/s1. The Hall–Kier alpha value is -1.17. The number of carboxylic acid groups (broad SMARTS) is 1. The molecule has 0 aromatic rings. The van der Waals surface area contributed by atoms with Crippen molar-refractivity contribution in [1.29, 1.82) is 0 Å². The van der Waals surface area contributed by atoms with Crippen LogP contribution in [0.1, 0.15) is 51.9 Å². The molecule has 3 rings (SSSR count). The predicted molar refractivity (Wildman–Crippen MR) is 103 cm³/mol. The predicted octanol–water partition coefficient (Wildman–Crippen LogP) is 3.16. The summed E-state index contributed by atoms with van der Waals surface area (Å²) in [6.07, 6.45) is 13.1. The third-order valence-corrected chi connectivity index (χ3v) is 6.79. The molecule has 2 saturated carbocycles.